The molecule has 2 aliphatic heterocycles. The first-order valence-electron chi connectivity index (χ1n) is 6.26. The fraction of sp³-hybridized carbons (Fsp3) is 0.385. The molecule has 2 saturated heterocycles. The largest absolute Gasteiger partial charge is 0.351 e. The van der Waals surface area contributed by atoms with Crippen molar-refractivity contribution in [3.8, 4) is 0 Å². The molecule has 0 unspecified atom stereocenters. The zero-order chi connectivity index (χ0) is 13.4. The maximum atomic E-state index is 12.8. The van der Waals surface area contributed by atoms with Crippen LogP contribution in [0.4, 0.5) is 14.9 Å². The second-order valence-electron chi connectivity index (χ2n) is 4.86. The van der Waals surface area contributed by atoms with Crippen LogP contribution in [0.25, 0.3) is 0 Å². The predicted octanol–water partition coefficient (Wildman–Crippen LogP) is 1.32. The Morgan fingerprint density at radius 2 is 2.11 bits per heavy atom. The fourth-order valence-electron chi connectivity index (χ4n) is 2.71. The van der Waals surface area contributed by atoms with Gasteiger partial charge in [0.05, 0.1) is 12.1 Å². The van der Waals surface area contributed by atoms with Crippen LogP contribution in [0.5, 0.6) is 0 Å². The van der Waals surface area contributed by atoms with E-state index in [-0.39, 0.29) is 29.8 Å². The van der Waals surface area contributed by atoms with Crippen molar-refractivity contribution in [2.75, 3.05) is 11.9 Å². The molecule has 0 bridgehead atoms. The van der Waals surface area contributed by atoms with Gasteiger partial charge in [-0.1, -0.05) is 0 Å². The number of likely N-dealkylation sites (tertiary alicyclic amines) is 1. The SMILES string of the molecule is O=C1C[C@H]2[C@H](CCN2C(=O)Nc2ccc(F)cc2)N1. The molecule has 2 heterocycles. The zero-order valence-electron chi connectivity index (χ0n) is 10.2. The third kappa shape index (κ3) is 2.25. The van der Waals surface area contributed by atoms with Crippen LogP contribution < -0.4 is 10.6 Å². The van der Waals surface area contributed by atoms with Crippen molar-refractivity contribution in [3.63, 3.8) is 0 Å². The summed E-state index contributed by atoms with van der Waals surface area (Å²) < 4.78 is 12.8. The molecule has 5 nitrogen and oxygen atoms in total. The number of nitrogens with zero attached hydrogens (tertiary/aromatic N) is 1. The van der Waals surface area contributed by atoms with Crippen LogP contribution in [0.1, 0.15) is 12.8 Å². The van der Waals surface area contributed by atoms with Crippen LogP contribution in [-0.4, -0.2) is 35.5 Å². The van der Waals surface area contributed by atoms with Crippen molar-refractivity contribution in [1.29, 1.82) is 0 Å². The number of urea groups is 1. The van der Waals surface area contributed by atoms with Crippen LogP contribution in [0.15, 0.2) is 24.3 Å². The first-order chi connectivity index (χ1) is 9.13. The van der Waals surface area contributed by atoms with Gasteiger partial charge in [0, 0.05) is 18.7 Å². The number of rotatable bonds is 1. The van der Waals surface area contributed by atoms with Gasteiger partial charge in [0.1, 0.15) is 5.82 Å². The van der Waals surface area contributed by atoms with Crippen molar-refractivity contribution < 1.29 is 14.0 Å². The van der Waals surface area contributed by atoms with Crippen molar-refractivity contribution >= 4 is 17.6 Å². The second kappa shape index (κ2) is 4.53. The van der Waals surface area contributed by atoms with E-state index in [1.165, 1.54) is 24.3 Å². The Bertz CT molecular complexity index is 517. The monoisotopic (exact) mass is 263 g/mol. The molecule has 1 aromatic rings. The summed E-state index contributed by atoms with van der Waals surface area (Å²) in [6, 6.07) is 5.39. The summed E-state index contributed by atoms with van der Waals surface area (Å²) in [6.45, 7) is 0.628. The van der Waals surface area contributed by atoms with Gasteiger partial charge in [-0.15, -0.1) is 0 Å². The maximum Gasteiger partial charge on any atom is 0.322 e. The summed E-state index contributed by atoms with van der Waals surface area (Å²) in [4.78, 5) is 25.1. The Balaban J connectivity index is 1.67. The fourth-order valence-corrected chi connectivity index (χ4v) is 2.71. The third-order valence-electron chi connectivity index (χ3n) is 3.64. The number of anilines is 1. The first-order valence-corrected chi connectivity index (χ1v) is 6.26. The van der Waals surface area contributed by atoms with E-state index in [2.05, 4.69) is 10.6 Å². The number of benzene rings is 1. The van der Waals surface area contributed by atoms with E-state index in [0.717, 1.165) is 6.42 Å². The molecule has 2 atom stereocenters. The zero-order valence-corrected chi connectivity index (χ0v) is 10.2. The van der Waals surface area contributed by atoms with E-state index in [4.69, 9.17) is 0 Å². The molecule has 2 aliphatic rings. The number of nitrogens with one attached hydrogen (secondary N) is 2. The normalized spacial score (nSPS) is 25.1. The highest BCUT2D eigenvalue weighted by Crippen LogP contribution is 2.26. The highest BCUT2D eigenvalue weighted by Gasteiger charge is 2.43. The molecule has 3 rings (SSSR count). The van der Waals surface area contributed by atoms with E-state index >= 15 is 0 Å². The summed E-state index contributed by atoms with van der Waals surface area (Å²) in [6.07, 6.45) is 1.15. The van der Waals surface area contributed by atoms with Crippen LogP contribution in [-0.2, 0) is 4.79 Å². The minimum Gasteiger partial charge on any atom is -0.351 e. The number of carbonyl (C=O) groups is 2. The smallest absolute Gasteiger partial charge is 0.322 e. The lowest BCUT2D eigenvalue weighted by molar-refractivity contribution is -0.119. The van der Waals surface area contributed by atoms with Crippen molar-refractivity contribution in [2.45, 2.75) is 24.9 Å². The molecule has 6 heteroatoms. The number of amides is 3. The van der Waals surface area contributed by atoms with Gasteiger partial charge < -0.3 is 15.5 Å². The van der Waals surface area contributed by atoms with E-state index in [1.807, 2.05) is 0 Å². The van der Waals surface area contributed by atoms with E-state index in [0.29, 0.717) is 18.7 Å². The summed E-state index contributed by atoms with van der Waals surface area (Å²) in [7, 11) is 0. The van der Waals surface area contributed by atoms with Crippen LogP contribution in [0, 0.1) is 5.82 Å². The lowest BCUT2D eigenvalue weighted by Crippen LogP contribution is -2.41. The van der Waals surface area contributed by atoms with E-state index in [9.17, 15) is 14.0 Å². The maximum absolute atomic E-state index is 12.8. The highest BCUT2D eigenvalue weighted by atomic mass is 19.1. The Kier molecular flexibility index (Phi) is 2.85. The van der Waals surface area contributed by atoms with Gasteiger partial charge in [0.15, 0.2) is 0 Å². The highest BCUT2D eigenvalue weighted by molar-refractivity contribution is 5.91. The predicted molar refractivity (Wildman–Crippen MR) is 67.1 cm³/mol. The molecule has 0 aliphatic carbocycles. The van der Waals surface area contributed by atoms with Crippen LogP contribution in [0.2, 0.25) is 0 Å². The number of hydrogen-bond donors (Lipinski definition) is 2. The van der Waals surface area contributed by atoms with Gasteiger partial charge in [0.25, 0.3) is 0 Å². The minimum atomic E-state index is -0.343. The summed E-state index contributed by atoms with van der Waals surface area (Å²) in [5.41, 5.74) is 0.548. The van der Waals surface area contributed by atoms with Gasteiger partial charge in [-0.25, -0.2) is 9.18 Å². The van der Waals surface area contributed by atoms with Crippen molar-refractivity contribution in [3.05, 3.63) is 30.1 Å². The minimum absolute atomic E-state index is 0.00529. The van der Waals surface area contributed by atoms with Crippen molar-refractivity contribution in [1.82, 2.24) is 10.2 Å². The molecular weight excluding hydrogens is 249 g/mol. The average molecular weight is 263 g/mol. The molecule has 2 N–H and O–H groups in total. The number of carbonyl (C=O) groups excluding carboxylic acids is 2. The van der Waals surface area contributed by atoms with Gasteiger partial charge in [0.2, 0.25) is 5.91 Å². The Hall–Kier alpha value is -2.11. The first kappa shape index (κ1) is 12.0. The summed E-state index contributed by atoms with van der Waals surface area (Å²) in [5, 5.41) is 5.58. The number of fused-ring (bicyclic) bond motifs is 1. The topological polar surface area (TPSA) is 61.4 Å². The van der Waals surface area contributed by atoms with Crippen molar-refractivity contribution in [2.24, 2.45) is 0 Å². The Morgan fingerprint density at radius 1 is 1.37 bits per heavy atom. The second-order valence-corrected chi connectivity index (χ2v) is 4.86. The quantitative estimate of drug-likeness (QED) is 0.802. The lowest BCUT2D eigenvalue weighted by atomic mass is 10.1. The summed E-state index contributed by atoms with van der Waals surface area (Å²) in [5.74, 6) is -0.348. The summed E-state index contributed by atoms with van der Waals surface area (Å²) >= 11 is 0. The molecule has 0 aromatic heterocycles. The van der Waals surface area contributed by atoms with Gasteiger partial charge in [-0.05, 0) is 30.7 Å². The molecule has 0 saturated carbocycles. The molecule has 2 fully saturated rings. The molecule has 100 valence electrons. The molecule has 0 spiro atoms. The molecular formula is C13H14FN3O2. The Morgan fingerprint density at radius 3 is 2.84 bits per heavy atom. The van der Waals surface area contributed by atoms with E-state index < -0.39 is 0 Å². The van der Waals surface area contributed by atoms with Gasteiger partial charge in [-0.3, -0.25) is 4.79 Å². The number of halogens is 1. The van der Waals surface area contributed by atoms with Gasteiger partial charge in [-0.2, -0.15) is 0 Å². The van der Waals surface area contributed by atoms with Crippen LogP contribution >= 0.6 is 0 Å². The average Bonchev–Trinajstić information content (AvgIpc) is 2.90. The van der Waals surface area contributed by atoms with Crippen LogP contribution in [0.3, 0.4) is 0 Å². The van der Waals surface area contributed by atoms with Gasteiger partial charge >= 0.3 is 6.03 Å². The third-order valence-corrected chi connectivity index (χ3v) is 3.64. The number of hydrogen-bond acceptors (Lipinski definition) is 2. The molecule has 1 aromatic carbocycles. The molecule has 3 amide bonds. The van der Waals surface area contributed by atoms with E-state index in [1.54, 1.807) is 4.90 Å². The standard InChI is InChI=1S/C13H14FN3O2/c14-8-1-3-9(4-2-8)15-13(19)17-6-5-10-11(17)7-12(18)16-10/h1-4,10-11H,5-7H2,(H,15,19)(H,16,18)/t10-,11-/m0/s1. The Labute approximate surface area is 109 Å². The molecule has 0 radical (unpaired) electrons. The lowest BCUT2D eigenvalue weighted by Gasteiger charge is -2.22. The molecule has 19 heavy (non-hydrogen) atoms.